The van der Waals surface area contributed by atoms with Gasteiger partial charge in [0.1, 0.15) is 0 Å². The number of anilines is 1. The molecule has 1 atom stereocenters. The summed E-state index contributed by atoms with van der Waals surface area (Å²) in [6, 6.07) is 9.29. The number of hydrogen-bond acceptors (Lipinski definition) is 5. The van der Waals surface area contributed by atoms with Crippen LogP contribution in [0.4, 0.5) is 10.5 Å². The second-order valence-corrected chi connectivity index (χ2v) is 6.90. The molecule has 3 amide bonds. The summed E-state index contributed by atoms with van der Waals surface area (Å²) >= 11 is 1.56. The van der Waals surface area contributed by atoms with Crippen LogP contribution in [0.15, 0.2) is 29.2 Å². The predicted molar refractivity (Wildman–Crippen MR) is 96.8 cm³/mol. The Labute approximate surface area is 147 Å². The molecule has 7 heteroatoms. The molecule has 24 heavy (non-hydrogen) atoms. The summed E-state index contributed by atoms with van der Waals surface area (Å²) in [4.78, 5) is 24.3. The molecular formula is C17H24N4O2S. The summed E-state index contributed by atoms with van der Waals surface area (Å²) in [5.74, 6) is 0.556. The first-order valence-corrected chi connectivity index (χ1v) is 8.84. The molecule has 0 fully saturated rings. The summed E-state index contributed by atoms with van der Waals surface area (Å²) in [7, 11) is 0. The average Bonchev–Trinajstić information content (AvgIpc) is 2.56. The van der Waals surface area contributed by atoms with Gasteiger partial charge in [0.05, 0.1) is 18.5 Å². The Morgan fingerprint density at radius 2 is 1.96 bits per heavy atom. The Bertz CT molecular complexity index is 598. The molecular weight excluding hydrogens is 324 g/mol. The number of nitriles is 1. The van der Waals surface area contributed by atoms with Gasteiger partial charge >= 0.3 is 6.03 Å². The van der Waals surface area contributed by atoms with Crippen LogP contribution in [0.25, 0.3) is 0 Å². The van der Waals surface area contributed by atoms with E-state index in [0.717, 1.165) is 10.6 Å². The summed E-state index contributed by atoms with van der Waals surface area (Å²) in [6.45, 7) is 6.34. The normalized spacial score (nSPS) is 11.5. The minimum Gasteiger partial charge on any atom is -0.375 e. The van der Waals surface area contributed by atoms with Crippen LogP contribution in [-0.4, -0.2) is 30.8 Å². The number of nitrogens with zero attached hydrogens (tertiary/aromatic N) is 1. The second-order valence-electron chi connectivity index (χ2n) is 5.84. The Morgan fingerprint density at radius 3 is 2.62 bits per heavy atom. The molecule has 0 heterocycles. The standard InChI is InChI=1S/C17H24N4O2S/c1-12(2)9-20-17(23)21-16(22)10-19-14-6-4-5-7-15(14)24-11-13(3)8-18/h4-7,12-13,19H,9-11H2,1-3H3,(H2,20,21,22,23)/t13-/m1/s1. The third-order valence-corrected chi connectivity index (χ3v) is 4.29. The number of benzene rings is 1. The number of amides is 3. The zero-order valence-electron chi connectivity index (χ0n) is 14.3. The number of nitrogens with one attached hydrogen (secondary N) is 3. The molecule has 1 rings (SSSR count). The van der Waals surface area contributed by atoms with Crippen molar-refractivity contribution in [3.05, 3.63) is 24.3 Å². The van der Waals surface area contributed by atoms with Crippen LogP contribution in [-0.2, 0) is 4.79 Å². The topological polar surface area (TPSA) is 94.0 Å². The molecule has 0 aliphatic carbocycles. The van der Waals surface area contributed by atoms with Crippen molar-refractivity contribution in [2.75, 3.05) is 24.2 Å². The van der Waals surface area contributed by atoms with Crippen molar-refractivity contribution < 1.29 is 9.59 Å². The molecule has 0 saturated carbocycles. The summed E-state index contributed by atoms with van der Waals surface area (Å²) in [5, 5.41) is 16.8. The molecule has 1 aromatic carbocycles. The van der Waals surface area contributed by atoms with Crippen LogP contribution < -0.4 is 16.0 Å². The largest absolute Gasteiger partial charge is 0.375 e. The van der Waals surface area contributed by atoms with Crippen LogP contribution in [0.2, 0.25) is 0 Å². The van der Waals surface area contributed by atoms with Crippen LogP contribution in [0.3, 0.4) is 0 Å². The van der Waals surface area contributed by atoms with Crippen molar-refractivity contribution in [3.63, 3.8) is 0 Å². The molecule has 0 aliphatic rings. The fourth-order valence-electron chi connectivity index (χ4n) is 1.68. The molecule has 0 saturated heterocycles. The first kappa shape index (κ1) is 19.8. The molecule has 0 radical (unpaired) electrons. The maximum Gasteiger partial charge on any atom is 0.321 e. The predicted octanol–water partition coefficient (Wildman–Crippen LogP) is 2.83. The first-order valence-electron chi connectivity index (χ1n) is 7.85. The Balaban J connectivity index is 2.48. The highest BCUT2D eigenvalue weighted by atomic mass is 32.2. The number of hydrogen-bond donors (Lipinski definition) is 3. The van der Waals surface area contributed by atoms with Crippen molar-refractivity contribution >= 4 is 29.4 Å². The third kappa shape index (κ3) is 7.88. The van der Waals surface area contributed by atoms with E-state index >= 15 is 0 Å². The van der Waals surface area contributed by atoms with E-state index in [-0.39, 0.29) is 12.5 Å². The number of carbonyl (C=O) groups excluding carboxylic acids is 2. The number of thioether (sulfide) groups is 1. The minimum absolute atomic E-state index is 0.000472. The van der Waals surface area contributed by atoms with E-state index in [1.807, 2.05) is 45.0 Å². The average molecular weight is 348 g/mol. The van der Waals surface area contributed by atoms with Crippen LogP contribution in [0.5, 0.6) is 0 Å². The van der Waals surface area contributed by atoms with E-state index in [1.165, 1.54) is 0 Å². The van der Waals surface area contributed by atoms with Crippen molar-refractivity contribution in [2.24, 2.45) is 11.8 Å². The van der Waals surface area contributed by atoms with E-state index in [4.69, 9.17) is 5.26 Å². The number of imide groups is 1. The van der Waals surface area contributed by atoms with E-state index in [1.54, 1.807) is 11.8 Å². The molecule has 3 N–H and O–H groups in total. The number of para-hydroxylation sites is 1. The van der Waals surface area contributed by atoms with Gasteiger partial charge in [0, 0.05) is 22.9 Å². The van der Waals surface area contributed by atoms with E-state index in [0.29, 0.717) is 18.2 Å². The maximum absolute atomic E-state index is 11.8. The molecule has 6 nitrogen and oxygen atoms in total. The van der Waals surface area contributed by atoms with Gasteiger partial charge in [-0.2, -0.15) is 5.26 Å². The molecule has 130 valence electrons. The monoisotopic (exact) mass is 348 g/mol. The summed E-state index contributed by atoms with van der Waals surface area (Å²) in [6.07, 6.45) is 0. The Hall–Kier alpha value is -2.20. The highest BCUT2D eigenvalue weighted by Gasteiger charge is 2.10. The SMILES string of the molecule is CC(C)CNC(=O)NC(=O)CNc1ccccc1SC[C@H](C)C#N. The fraction of sp³-hybridized carbons (Fsp3) is 0.471. The van der Waals surface area contributed by atoms with Gasteiger partial charge < -0.3 is 10.6 Å². The van der Waals surface area contributed by atoms with Crippen molar-refractivity contribution in [1.29, 1.82) is 5.26 Å². The first-order chi connectivity index (χ1) is 11.4. The van der Waals surface area contributed by atoms with Gasteiger partial charge in [0.15, 0.2) is 0 Å². The van der Waals surface area contributed by atoms with Crippen molar-refractivity contribution in [3.8, 4) is 6.07 Å². The zero-order valence-corrected chi connectivity index (χ0v) is 15.1. The third-order valence-electron chi connectivity index (χ3n) is 2.96. The molecule has 0 aromatic heterocycles. The molecule has 0 aliphatic heterocycles. The Kier molecular flexibility index (Phi) is 8.72. The maximum atomic E-state index is 11.8. The van der Waals surface area contributed by atoms with Gasteiger partial charge in [0.25, 0.3) is 0 Å². The van der Waals surface area contributed by atoms with Crippen molar-refractivity contribution in [1.82, 2.24) is 10.6 Å². The van der Waals surface area contributed by atoms with Crippen LogP contribution >= 0.6 is 11.8 Å². The molecule has 0 bridgehead atoms. The van der Waals surface area contributed by atoms with Gasteiger partial charge in [-0.1, -0.05) is 26.0 Å². The van der Waals surface area contributed by atoms with Gasteiger partial charge in [0.2, 0.25) is 5.91 Å². The highest BCUT2D eigenvalue weighted by molar-refractivity contribution is 7.99. The lowest BCUT2D eigenvalue weighted by Gasteiger charge is -2.12. The lowest BCUT2D eigenvalue weighted by Crippen LogP contribution is -2.43. The molecule has 1 aromatic rings. The quantitative estimate of drug-likeness (QED) is 0.628. The van der Waals surface area contributed by atoms with Crippen LogP contribution in [0, 0.1) is 23.2 Å². The highest BCUT2D eigenvalue weighted by Crippen LogP contribution is 2.28. The van der Waals surface area contributed by atoms with E-state index < -0.39 is 11.9 Å². The lowest BCUT2D eigenvalue weighted by atomic mass is 10.2. The second kappa shape index (κ2) is 10.6. The minimum atomic E-state index is -0.485. The van der Waals surface area contributed by atoms with Crippen LogP contribution in [0.1, 0.15) is 20.8 Å². The fourth-order valence-corrected chi connectivity index (χ4v) is 2.65. The van der Waals surface area contributed by atoms with E-state index in [9.17, 15) is 9.59 Å². The lowest BCUT2D eigenvalue weighted by molar-refractivity contribution is -0.118. The van der Waals surface area contributed by atoms with Gasteiger partial charge in [-0.05, 0) is 25.0 Å². The smallest absolute Gasteiger partial charge is 0.321 e. The molecule has 0 unspecified atom stereocenters. The number of urea groups is 1. The number of rotatable bonds is 8. The van der Waals surface area contributed by atoms with Gasteiger partial charge in [-0.25, -0.2) is 4.79 Å². The molecule has 0 spiro atoms. The van der Waals surface area contributed by atoms with Gasteiger partial charge in [-0.15, -0.1) is 11.8 Å². The number of carbonyl (C=O) groups is 2. The van der Waals surface area contributed by atoms with Gasteiger partial charge in [-0.3, -0.25) is 10.1 Å². The zero-order chi connectivity index (χ0) is 17.9. The van der Waals surface area contributed by atoms with E-state index in [2.05, 4.69) is 22.0 Å². The summed E-state index contributed by atoms with van der Waals surface area (Å²) in [5.41, 5.74) is 0.811. The van der Waals surface area contributed by atoms with Crippen molar-refractivity contribution in [2.45, 2.75) is 25.7 Å². The Morgan fingerprint density at radius 1 is 1.25 bits per heavy atom. The summed E-state index contributed by atoms with van der Waals surface area (Å²) < 4.78 is 0.